The van der Waals surface area contributed by atoms with Gasteiger partial charge in [-0.1, -0.05) is 30.3 Å². The number of aliphatic hydroxyl groups is 2. The van der Waals surface area contributed by atoms with E-state index < -0.39 is 6.10 Å². The van der Waals surface area contributed by atoms with Crippen molar-refractivity contribution in [1.82, 2.24) is 14.9 Å². The molecule has 1 amide bonds. The molecule has 0 bridgehead atoms. The van der Waals surface area contributed by atoms with Crippen LogP contribution >= 0.6 is 0 Å². The van der Waals surface area contributed by atoms with E-state index in [0.717, 1.165) is 35.5 Å². The predicted octanol–water partition coefficient (Wildman–Crippen LogP) is 1.61. The van der Waals surface area contributed by atoms with Crippen molar-refractivity contribution in [2.75, 3.05) is 24.5 Å². The molecule has 1 fully saturated rings. The Kier molecular flexibility index (Phi) is 5.02. The molecule has 0 spiro atoms. The molecule has 7 nitrogen and oxygen atoms in total. The first-order valence-corrected chi connectivity index (χ1v) is 9.43. The molecule has 1 saturated heterocycles. The van der Waals surface area contributed by atoms with E-state index in [2.05, 4.69) is 15.2 Å². The van der Waals surface area contributed by atoms with Crippen LogP contribution in [0, 0.1) is 0 Å². The maximum absolute atomic E-state index is 12.5. The highest BCUT2D eigenvalue weighted by molar-refractivity contribution is 5.97. The second-order valence-electron chi connectivity index (χ2n) is 7.20. The zero-order valence-electron chi connectivity index (χ0n) is 15.7. The summed E-state index contributed by atoms with van der Waals surface area (Å²) in [5.41, 5.74) is 2.92. The van der Waals surface area contributed by atoms with Gasteiger partial charge >= 0.3 is 0 Å². The molecule has 4 rings (SSSR count). The Morgan fingerprint density at radius 2 is 2.07 bits per heavy atom. The van der Waals surface area contributed by atoms with Gasteiger partial charge in [-0.15, -0.1) is 0 Å². The lowest BCUT2D eigenvalue weighted by atomic mass is 10.1. The molecule has 1 aliphatic heterocycles. The molecule has 146 valence electrons. The summed E-state index contributed by atoms with van der Waals surface area (Å²) in [6.45, 7) is 1.48. The molecule has 3 aromatic rings. The monoisotopic (exact) mass is 380 g/mol. The SMILES string of the molecule is Cn1c(N2CC[C@H](O)C2)nc2cc(C(=O)NC[C@@H](O)c3ccccc3)ccc21. The summed E-state index contributed by atoms with van der Waals surface area (Å²) < 4.78 is 1.98. The van der Waals surface area contributed by atoms with Crippen LogP contribution in [0.2, 0.25) is 0 Å². The summed E-state index contributed by atoms with van der Waals surface area (Å²) in [5.74, 6) is 0.546. The number of fused-ring (bicyclic) bond motifs is 1. The van der Waals surface area contributed by atoms with Crippen LogP contribution in [-0.4, -0.2) is 51.4 Å². The lowest BCUT2D eigenvalue weighted by Gasteiger charge is -2.16. The van der Waals surface area contributed by atoms with Gasteiger partial charge in [0.1, 0.15) is 0 Å². The molecule has 2 atom stereocenters. The molecule has 1 aromatic heterocycles. The summed E-state index contributed by atoms with van der Waals surface area (Å²) >= 11 is 0. The van der Waals surface area contributed by atoms with E-state index >= 15 is 0 Å². The number of carbonyl (C=O) groups is 1. The van der Waals surface area contributed by atoms with E-state index in [-0.39, 0.29) is 18.6 Å². The number of β-amino-alcohol motifs (C(OH)–C–C–N with tert-alkyl or cyclic N) is 1. The third-order valence-electron chi connectivity index (χ3n) is 5.21. The maximum Gasteiger partial charge on any atom is 0.251 e. The Bertz CT molecular complexity index is 986. The van der Waals surface area contributed by atoms with Gasteiger partial charge in [-0.3, -0.25) is 4.79 Å². The number of nitrogens with one attached hydrogen (secondary N) is 1. The number of rotatable bonds is 5. The van der Waals surface area contributed by atoms with E-state index in [1.165, 1.54) is 0 Å². The van der Waals surface area contributed by atoms with Crippen LogP contribution in [0.5, 0.6) is 0 Å². The second-order valence-corrected chi connectivity index (χ2v) is 7.20. The molecule has 2 heterocycles. The molecular weight excluding hydrogens is 356 g/mol. The third-order valence-corrected chi connectivity index (χ3v) is 5.21. The van der Waals surface area contributed by atoms with Crippen LogP contribution in [0.1, 0.15) is 28.4 Å². The van der Waals surface area contributed by atoms with Crippen molar-refractivity contribution in [3.05, 3.63) is 59.7 Å². The number of hydrogen-bond donors (Lipinski definition) is 3. The molecule has 7 heteroatoms. The number of carbonyl (C=O) groups excluding carboxylic acids is 1. The van der Waals surface area contributed by atoms with Crippen LogP contribution in [0.25, 0.3) is 11.0 Å². The van der Waals surface area contributed by atoms with Crippen molar-refractivity contribution < 1.29 is 15.0 Å². The van der Waals surface area contributed by atoms with Gasteiger partial charge in [0.15, 0.2) is 0 Å². The summed E-state index contributed by atoms with van der Waals surface area (Å²) in [6, 6.07) is 14.6. The highest BCUT2D eigenvalue weighted by Crippen LogP contribution is 2.25. The molecule has 0 radical (unpaired) electrons. The van der Waals surface area contributed by atoms with E-state index in [9.17, 15) is 15.0 Å². The number of hydrogen-bond acceptors (Lipinski definition) is 5. The van der Waals surface area contributed by atoms with E-state index in [0.29, 0.717) is 12.1 Å². The zero-order valence-corrected chi connectivity index (χ0v) is 15.7. The predicted molar refractivity (Wildman–Crippen MR) is 107 cm³/mol. The van der Waals surface area contributed by atoms with Crippen LogP contribution in [0.15, 0.2) is 48.5 Å². The minimum atomic E-state index is -0.753. The van der Waals surface area contributed by atoms with Crippen molar-refractivity contribution in [3.8, 4) is 0 Å². The lowest BCUT2D eigenvalue weighted by molar-refractivity contribution is 0.0916. The molecule has 28 heavy (non-hydrogen) atoms. The third kappa shape index (κ3) is 3.58. The average Bonchev–Trinajstić information content (AvgIpc) is 3.29. The first-order valence-electron chi connectivity index (χ1n) is 9.43. The Hall–Kier alpha value is -2.90. The van der Waals surface area contributed by atoms with E-state index in [1.807, 2.05) is 48.0 Å². The van der Waals surface area contributed by atoms with E-state index in [1.54, 1.807) is 12.1 Å². The Labute approximate surface area is 163 Å². The molecule has 1 aliphatic rings. The van der Waals surface area contributed by atoms with Gasteiger partial charge in [0.2, 0.25) is 5.95 Å². The number of imidazole rings is 1. The number of aromatic nitrogens is 2. The summed E-state index contributed by atoms with van der Waals surface area (Å²) in [5, 5.41) is 22.8. The highest BCUT2D eigenvalue weighted by Gasteiger charge is 2.24. The van der Waals surface area contributed by atoms with Crippen molar-refractivity contribution in [1.29, 1.82) is 0 Å². The summed E-state index contributed by atoms with van der Waals surface area (Å²) in [7, 11) is 1.94. The van der Waals surface area contributed by atoms with Gasteiger partial charge in [0.25, 0.3) is 5.91 Å². The number of aryl methyl sites for hydroxylation is 1. The molecule has 2 aromatic carbocycles. The van der Waals surface area contributed by atoms with Crippen LogP contribution in [-0.2, 0) is 7.05 Å². The fraction of sp³-hybridized carbons (Fsp3) is 0.333. The van der Waals surface area contributed by atoms with Gasteiger partial charge in [-0.2, -0.15) is 0 Å². The topological polar surface area (TPSA) is 90.6 Å². The van der Waals surface area contributed by atoms with Gasteiger partial charge in [-0.25, -0.2) is 4.98 Å². The van der Waals surface area contributed by atoms with Gasteiger partial charge in [-0.05, 0) is 30.2 Å². The van der Waals surface area contributed by atoms with Crippen molar-refractivity contribution in [3.63, 3.8) is 0 Å². The number of benzene rings is 2. The largest absolute Gasteiger partial charge is 0.391 e. The highest BCUT2D eigenvalue weighted by atomic mass is 16.3. The number of amides is 1. The van der Waals surface area contributed by atoms with Crippen molar-refractivity contribution >= 4 is 22.9 Å². The van der Waals surface area contributed by atoms with Crippen molar-refractivity contribution in [2.24, 2.45) is 7.05 Å². The number of anilines is 1. The smallest absolute Gasteiger partial charge is 0.251 e. The lowest BCUT2D eigenvalue weighted by Crippen LogP contribution is -2.28. The van der Waals surface area contributed by atoms with Crippen molar-refractivity contribution in [2.45, 2.75) is 18.6 Å². The first-order chi connectivity index (χ1) is 13.5. The summed E-state index contributed by atoms with van der Waals surface area (Å²) in [6.07, 6.45) is -0.338. The zero-order chi connectivity index (χ0) is 19.7. The average molecular weight is 380 g/mol. The number of aliphatic hydroxyl groups excluding tert-OH is 2. The molecule has 0 unspecified atom stereocenters. The molecule has 0 aliphatic carbocycles. The molecular formula is C21H24N4O3. The van der Waals surface area contributed by atoms with Gasteiger partial charge in [0.05, 0.1) is 23.2 Å². The normalized spacial score (nSPS) is 17.8. The first kappa shape index (κ1) is 18.5. The Balaban J connectivity index is 1.48. The number of nitrogens with zero attached hydrogens (tertiary/aromatic N) is 3. The fourth-order valence-corrected chi connectivity index (χ4v) is 3.62. The molecule has 0 saturated carbocycles. The standard InChI is InChI=1S/C21H24N4O3/c1-24-18-8-7-15(11-17(18)23-21(24)25-10-9-16(26)13-25)20(28)22-12-19(27)14-5-3-2-4-6-14/h2-8,11,16,19,26-27H,9-10,12-13H2,1H3,(H,22,28)/t16-,19+/m0/s1. The van der Waals surface area contributed by atoms with Gasteiger partial charge in [0, 0.05) is 32.2 Å². The van der Waals surface area contributed by atoms with Gasteiger partial charge < -0.3 is 25.0 Å². The summed E-state index contributed by atoms with van der Waals surface area (Å²) in [4.78, 5) is 19.2. The van der Waals surface area contributed by atoms with Crippen LogP contribution in [0.4, 0.5) is 5.95 Å². The quantitative estimate of drug-likeness (QED) is 0.626. The van der Waals surface area contributed by atoms with Crippen LogP contribution in [0.3, 0.4) is 0 Å². The Morgan fingerprint density at radius 1 is 1.29 bits per heavy atom. The molecule has 3 N–H and O–H groups in total. The minimum absolute atomic E-state index is 0.139. The maximum atomic E-state index is 12.5. The van der Waals surface area contributed by atoms with E-state index in [4.69, 9.17) is 0 Å². The van der Waals surface area contributed by atoms with Crippen LogP contribution < -0.4 is 10.2 Å². The Morgan fingerprint density at radius 3 is 2.79 bits per heavy atom. The fourth-order valence-electron chi connectivity index (χ4n) is 3.62. The minimum Gasteiger partial charge on any atom is -0.391 e. The second kappa shape index (κ2) is 7.61.